The van der Waals surface area contributed by atoms with Gasteiger partial charge in [-0.15, -0.1) is 0 Å². The fourth-order valence-electron chi connectivity index (χ4n) is 3.04. The quantitative estimate of drug-likeness (QED) is 0.519. The molecule has 1 aliphatic heterocycles. The van der Waals surface area contributed by atoms with E-state index in [9.17, 15) is 9.59 Å². The van der Waals surface area contributed by atoms with Crippen LogP contribution in [0.15, 0.2) is 30.3 Å². The van der Waals surface area contributed by atoms with Crippen molar-refractivity contribution in [3.8, 4) is 0 Å². The number of rotatable bonds is 3. The molecule has 0 radical (unpaired) electrons. The molecule has 27 heavy (non-hydrogen) atoms. The SMILES string of the molecule is CC(C)(C)OC(=O)N1C(=O)[C@](C)(O[Si](C)(C)C(C)(C)C)[C@@H]1c1ccccc1. The van der Waals surface area contributed by atoms with E-state index in [1.54, 1.807) is 27.7 Å². The first-order valence-corrected chi connectivity index (χ1v) is 12.3. The average Bonchev–Trinajstić information content (AvgIpc) is 2.49. The van der Waals surface area contributed by atoms with Crippen LogP contribution >= 0.6 is 0 Å². The minimum Gasteiger partial charge on any atom is -0.443 e. The molecule has 1 fully saturated rings. The van der Waals surface area contributed by atoms with Crippen molar-refractivity contribution in [3.05, 3.63) is 35.9 Å². The van der Waals surface area contributed by atoms with Gasteiger partial charge in [-0.25, -0.2) is 9.69 Å². The third-order valence-electron chi connectivity index (χ3n) is 5.40. The zero-order valence-electron chi connectivity index (χ0n) is 18.0. The summed E-state index contributed by atoms with van der Waals surface area (Å²) in [5.41, 5.74) is -0.893. The molecule has 2 atom stereocenters. The van der Waals surface area contributed by atoms with Crippen molar-refractivity contribution in [1.29, 1.82) is 0 Å². The van der Waals surface area contributed by atoms with Crippen LogP contribution in [0.2, 0.25) is 18.1 Å². The lowest BCUT2D eigenvalue weighted by molar-refractivity contribution is -0.181. The van der Waals surface area contributed by atoms with Gasteiger partial charge in [-0.2, -0.15) is 0 Å². The Labute approximate surface area is 164 Å². The van der Waals surface area contributed by atoms with Crippen molar-refractivity contribution in [3.63, 3.8) is 0 Å². The van der Waals surface area contributed by atoms with Crippen molar-refractivity contribution in [2.24, 2.45) is 0 Å². The Bertz CT molecular complexity index is 718. The Balaban J connectivity index is 2.43. The van der Waals surface area contributed by atoms with E-state index in [-0.39, 0.29) is 10.9 Å². The largest absolute Gasteiger partial charge is 0.443 e. The van der Waals surface area contributed by atoms with Crippen LogP contribution in [0.4, 0.5) is 4.79 Å². The number of ether oxygens (including phenoxy) is 1. The normalized spacial score (nSPS) is 23.8. The number of amides is 2. The van der Waals surface area contributed by atoms with Crippen molar-refractivity contribution >= 4 is 20.3 Å². The molecule has 1 aromatic carbocycles. The number of nitrogens with zero attached hydrogens (tertiary/aromatic N) is 1. The van der Waals surface area contributed by atoms with Crippen molar-refractivity contribution in [2.45, 2.75) is 83.8 Å². The van der Waals surface area contributed by atoms with Crippen LogP contribution in [0.25, 0.3) is 0 Å². The molecule has 0 unspecified atom stereocenters. The van der Waals surface area contributed by atoms with Gasteiger partial charge in [0.2, 0.25) is 0 Å². The number of β-lactam (4-membered cyclic amide) rings is 1. The number of hydrogen-bond acceptors (Lipinski definition) is 4. The van der Waals surface area contributed by atoms with Crippen LogP contribution in [0.5, 0.6) is 0 Å². The Hall–Kier alpha value is -1.66. The highest BCUT2D eigenvalue weighted by molar-refractivity contribution is 6.74. The fourth-order valence-corrected chi connectivity index (χ4v) is 4.60. The van der Waals surface area contributed by atoms with Gasteiger partial charge in [0, 0.05) is 0 Å². The van der Waals surface area contributed by atoms with Crippen LogP contribution in [-0.4, -0.2) is 36.4 Å². The first-order valence-electron chi connectivity index (χ1n) is 9.42. The van der Waals surface area contributed by atoms with Gasteiger partial charge in [0.1, 0.15) is 11.6 Å². The predicted molar refractivity (Wildman–Crippen MR) is 109 cm³/mol. The number of hydrogen-bond donors (Lipinski definition) is 0. The molecule has 1 heterocycles. The molecule has 0 spiro atoms. The number of carbonyl (C=O) groups excluding carboxylic acids is 2. The average molecular weight is 392 g/mol. The molecule has 0 saturated carbocycles. The predicted octanol–water partition coefficient (Wildman–Crippen LogP) is 5.29. The highest BCUT2D eigenvalue weighted by Crippen LogP contribution is 2.50. The summed E-state index contributed by atoms with van der Waals surface area (Å²) in [6, 6.07) is 9.04. The summed E-state index contributed by atoms with van der Waals surface area (Å²) in [5.74, 6) is -0.338. The van der Waals surface area contributed by atoms with E-state index in [2.05, 4.69) is 33.9 Å². The first-order chi connectivity index (χ1) is 12.1. The maximum atomic E-state index is 13.1. The molecule has 0 aromatic heterocycles. The van der Waals surface area contributed by atoms with Crippen LogP contribution in [0.3, 0.4) is 0 Å². The van der Waals surface area contributed by atoms with Gasteiger partial charge < -0.3 is 9.16 Å². The molecule has 2 rings (SSSR count). The molecule has 5 nitrogen and oxygen atoms in total. The lowest BCUT2D eigenvalue weighted by Gasteiger charge is -2.56. The molecule has 0 N–H and O–H groups in total. The summed E-state index contributed by atoms with van der Waals surface area (Å²) in [7, 11) is -2.24. The molecule has 6 heteroatoms. The van der Waals surface area contributed by atoms with E-state index >= 15 is 0 Å². The smallest absolute Gasteiger partial charge is 0.417 e. The van der Waals surface area contributed by atoms with E-state index in [0.29, 0.717) is 0 Å². The fraction of sp³-hybridized carbons (Fsp3) is 0.619. The van der Waals surface area contributed by atoms with Crippen LogP contribution < -0.4 is 0 Å². The molecular formula is C21H33NO4Si. The number of carbonyl (C=O) groups is 2. The maximum Gasteiger partial charge on any atom is 0.417 e. The minimum absolute atomic E-state index is 0.0517. The van der Waals surface area contributed by atoms with Gasteiger partial charge in [-0.05, 0) is 51.4 Å². The number of benzene rings is 1. The molecule has 0 bridgehead atoms. The molecule has 1 aliphatic rings. The van der Waals surface area contributed by atoms with Gasteiger partial charge in [0.15, 0.2) is 13.9 Å². The lowest BCUT2D eigenvalue weighted by atomic mass is 9.80. The Kier molecular flexibility index (Phi) is 5.40. The summed E-state index contributed by atoms with van der Waals surface area (Å²) in [6.07, 6.45) is -0.627. The zero-order chi connectivity index (χ0) is 20.8. The van der Waals surface area contributed by atoms with Crippen molar-refractivity contribution in [2.75, 3.05) is 0 Å². The van der Waals surface area contributed by atoms with Gasteiger partial charge in [0.05, 0.1) is 0 Å². The van der Waals surface area contributed by atoms with Gasteiger partial charge >= 0.3 is 6.09 Å². The van der Waals surface area contributed by atoms with Gasteiger partial charge in [0.25, 0.3) is 5.91 Å². The van der Waals surface area contributed by atoms with Crippen LogP contribution in [-0.2, 0) is 14.0 Å². The first kappa shape index (κ1) is 21.6. The zero-order valence-corrected chi connectivity index (χ0v) is 19.0. The monoisotopic (exact) mass is 391 g/mol. The van der Waals surface area contributed by atoms with Crippen molar-refractivity contribution < 1.29 is 18.8 Å². The van der Waals surface area contributed by atoms with Crippen molar-refractivity contribution in [1.82, 2.24) is 4.90 Å². The highest BCUT2D eigenvalue weighted by Gasteiger charge is 2.65. The third kappa shape index (κ3) is 4.11. The second-order valence-corrected chi connectivity index (χ2v) is 14.7. The van der Waals surface area contributed by atoms with E-state index in [1.807, 2.05) is 30.3 Å². The highest BCUT2D eigenvalue weighted by atomic mass is 28.4. The van der Waals surface area contributed by atoms with Crippen LogP contribution in [0.1, 0.15) is 60.1 Å². The Morgan fingerprint density at radius 1 is 1.07 bits per heavy atom. The second-order valence-electron chi connectivity index (χ2n) is 9.94. The Morgan fingerprint density at radius 3 is 2.04 bits per heavy atom. The summed E-state index contributed by atoms with van der Waals surface area (Å²) >= 11 is 0. The molecule has 150 valence electrons. The summed E-state index contributed by atoms with van der Waals surface area (Å²) in [6.45, 7) is 17.8. The van der Waals surface area contributed by atoms with E-state index in [0.717, 1.165) is 5.56 Å². The molecule has 1 saturated heterocycles. The standard InChI is InChI=1S/C21H33NO4Si/c1-19(2,3)25-18(24)22-16(15-13-11-10-12-14-15)21(7,17(22)23)26-27(8,9)20(4,5)6/h10-14,16H,1-9H3/t16-,21+/m0/s1. The summed E-state index contributed by atoms with van der Waals surface area (Å²) < 4.78 is 12.0. The molecule has 2 amide bonds. The lowest BCUT2D eigenvalue weighted by Crippen LogP contribution is -2.72. The second kappa shape index (κ2) is 6.74. The topological polar surface area (TPSA) is 55.8 Å². The molecule has 1 aromatic rings. The maximum absolute atomic E-state index is 13.1. The number of likely N-dealkylation sites (tertiary alicyclic amines) is 1. The third-order valence-corrected chi connectivity index (χ3v) is 9.95. The summed E-state index contributed by atoms with van der Waals surface area (Å²) in [4.78, 5) is 27.0. The van der Waals surface area contributed by atoms with E-state index in [4.69, 9.17) is 9.16 Å². The van der Waals surface area contributed by atoms with Gasteiger partial charge in [-0.1, -0.05) is 51.1 Å². The summed E-state index contributed by atoms with van der Waals surface area (Å²) in [5, 5.41) is -0.0517. The Morgan fingerprint density at radius 2 is 1.59 bits per heavy atom. The number of imide groups is 1. The molecular weight excluding hydrogens is 358 g/mol. The minimum atomic E-state index is -2.24. The van der Waals surface area contributed by atoms with E-state index < -0.39 is 31.7 Å². The van der Waals surface area contributed by atoms with Crippen LogP contribution in [0, 0.1) is 0 Å². The van der Waals surface area contributed by atoms with E-state index in [1.165, 1.54) is 4.90 Å². The van der Waals surface area contributed by atoms with Gasteiger partial charge in [-0.3, -0.25) is 4.79 Å². The molecule has 0 aliphatic carbocycles.